The van der Waals surface area contributed by atoms with E-state index in [0.717, 1.165) is 5.56 Å². The lowest BCUT2D eigenvalue weighted by Crippen LogP contribution is -2.25. The number of ether oxygens (including phenoxy) is 1. The maximum absolute atomic E-state index is 10.9. The molecule has 0 saturated heterocycles. The Morgan fingerprint density at radius 3 is 2.57 bits per heavy atom. The summed E-state index contributed by atoms with van der Waals surface area (Å²) in [5.74, 6) is -0.329. The largest absolute Gasteiger partial charge is 0.450 e. The molecule has 1 aromatic heterocycles. The van der Waals surface area contributed by atoms with E-state index in [0.29, 0.717) is 0 Å². The highest BCUT2D eigenvalue weighted by molar-refractivity contribution is 5.67. The standard InChI is InChI=1S/C11H13NO2/c1-4-11(3,14-9(2)13)10-5-7-12-8-6-10/h4-8H,1H2,2-3H3. The van der Waals surface area contributed by atoms with Gasteiger partial charge in [0, 0.05) is 24.9 Å². The molecule has 1 heterocycles. The topological polar surface area (TPSA) is 39.2 Å². The van der Waals surface area contributed by atoms with Crippen molar-refractivity contribution in [2.75, 3.05) is 0 Å². The van der Waals surface area contributed by atoms with Gasteiger partial charge >= 0.3 is 5.97 Å². The maximum atomic E-state index is 10.9. The second-order valence-corrected chi connectivity index (χ2v) is 3.14. The average molecular weight is 191 g/mol. The van der Waals surface area contributed by atoms with Crippen LogP contribution in [0.15, 0.2) is 37.2 Å². The van der Waals surface area contributed by atoms with Crippen LogP contribution < -0.4 is 0 Å². The lowest BCUT2D eigenvalue weighted by atomic mass is 9.97. The van der Waals surface area contributed by atoms with Crippen LogP contribution in [0.4, 0.5) is 0 Å². The number of esters is 1. The van der Waals surface area contributed by atoms with E-state index in [1.807, 2.05) is 0 Å². The third kappa shape index (κ3) is 2.19. The molecule has 74 valence electrons. The zero-order valence-electron chi connectivity index (χ0n) is 8.36. The zero-order chi connectivity index (χ0) is 10.6. The van der Waals surface area contributed by atoms with Gasteiger partial charge in [0.1, 0.15) is 0 Å². The summed E-state index contributed by atoms with van der Waals surface area (Å²) in [5, 5.41) is 0. The molecule has 14 heavy (non-hydrogen) atoms. The molecule has 0 aromatic carbocycles. The van der Waals surface area contributed by atoms with Gasteiger partial charge < -0.3 is 4.74 Å². The van der Waals surface area contributed by atoms with Crippen molar-refractivity contribution < 1.29 is 9.53 Å². The molecule has 1 atom stereocenters. The molecule has 0 spiro atoms. The number of hydrogen-bond acceptors (Lipinski definition) is 3. The average Bonchev–Trinajstić information content (AvgIpc) is 2.18. The molecule has 1 unspecified atom stereocenters. The quantitative estimate of drug-likeness (QED) is 0.542. The predicted molar refractivity (Wildman–Crippen MR) is 53.6 cm³/mol. The number of aromatic nitrogens is 1. The van der Waals surface area contributed by atoms with Crippen LogP contribution in [-0.4, -0.2) is 11.0 Å². The van der Waals surface area contributed by atoms with Crippen LogP contribution >= 0.6 is 0 Å². The predicted octanol–water partition coefficient (Wildman–Crippen LogP) is 2.05. The van der Waals surface area contributed by atoms with Gasteiger partial charge in [0.25, 0.3) is 0 Å². The summed E-state index contributed by atoms with van der Waals surface area (Å²) in [6.45, 7) is 6.83. The second kappa shape index (κ2) is 4.05. The summed E-state index contributed by atoms with van der Waals surface area (Å²) < 4.78 is 5.19. The fourth-order valence-electron chi connectivity index (χ4n) is 1.20. The van der Waals surface area contributed by atoms with Crippen LogP contribution in [-0.2, 0) is 15.1 Å². The number of hydrogen-bond donors (Lipinski definition) is 0. The Labute approximate surface area is 83.4 Å². The third-order valence-electron chi connectivity index (χ3n) is 2.00. The molecule has 0 fully saturated rings. The molecule has 3 heteroatoms. The monoisotopic (exact) mass is 191 g/mol. The Morgan fingerprint density at radius 2 is 2.14 bits per heavy atom. The van der Waals surface area contributed by atoms with E-state index >= 15 is 0 Å². The zero-order valence-corrected chi connectivity index (χ0v) is 8.36. The van der Waals surface area contributed by atoms with Crippen molar-refractivity contribution in [3.63, 3.8) is 0 Å². The molecule has 0 aliphatic heterocycles. The van der Waals surface area contributed by atoms with Crippen LogP contribution in [0.5, 0.6) is 0 Å². The van der Waals surface area contributed by atoms with Crippen molar-refractivity contribution in [3.8, 4) is 0 Å². The number of pyridine rings is 1. The van der Waals surface area contributed by atoms with E-state index in [2.05, 4.69) is 11.6 Å². The fourth-order valence-corrected chi connectivity index (χ4v) is 1.20. The number of nitrogens with zero attached hydrogens (tertiary/aromatic N) is 1. The van der Waals surface area contributed by atoms with Gasteiger partial charge in [-0.1, -0.05) is 6.58 Å². The van der Waals surface area contributed by atoms with Crippen molar-refractivity contribution in [3.05, 3.63) is 42.7 Å². The summed E-state index contributed by atoms with van der Waals surface area (Å²) in [6, 6.07) is 3.59. The van der Waals surface area contributed by atoms with Crippen LogP contribution in [0.1, 0.15) is 19.4 Å². The Kier molecular flexibility index (Phi) is 3.02. The highest BCUT2D eigenvalue weighted by Crippen LogP contribution is 2.25. The van der Waals surface area contributed by atoms with Crippen molar-refractivity contribution >= 4 is 5.97 Å². The highest BCUT2D eigenvalue weighted by Gasteiger charge is 2.25. The molecule has 3 nitrogen and oxygen atoms in total. The first-order chi connectivity index (χ1) is 6.58. The molecule has 0 amide bonds. The minimum absolute atomic E-state index is 0.329. The first-order valence-corrected chi connectivity index (χ1v) is 4.32. The molecule has 0 bridgehead atoms. The molecule has 1 aromatic rings. The summed E-state index contributed by atoms with van der Waals surface area (Å²) in [5.41, 5.74) is 0.0899. The SMILES string of the molecule is C=CC(C)(OC(C)=O)c1ccncc1. The number of rotatable bonds is 3. The minimum Gasteiger partial charge on any atom is -0.450 e. The van der Waals surface area contributed by atoms with E-state index in [-0.39, 0.29) is 5.97 Å². The Hall–Kier alpha value is -1.64. The number of carbonyl (C=O) groups excluding carboxylic acids is 1. The van der Waals surface area contributed by atoms with Crippen LogP contribution in [0, 0.1) is 0 Å². The van der Waals surface area contributed by atoms with Crippen molar-refractivity contribution in [2.45, 2.75) is 19.4 Å². The summed E-state index contributed by atoms with van der Waals surface area (Å²) in [7, 11) is 0. The van der Waals surface area contributed by atoms with Gasteiger partial charge in [-0.3, -0.25) is 9.78 Å². The van der Waals surface area contributed by atoms with Gasteiger partial charge in [-0.25, -0.2) is 0 Å². The summed E-state index contributed by atoms with van der Waals surface area (Å²) in [4.78, 5) is 14.8. The van der Waals surface area contributed by atoms with Gasteiger partial charge in [-0.15, -0.1) is 0 Å². The van der Waals surface area contributed by atoms with Crippen LogP contribution in [0.2, 0.25) is 0 Å². The molecular weight excluding hydrogens is 178 g/mol. The van der Waals surface area contributed by atoms with E-state index < -0.39 is 5.60 Å². The summed E-state index contributed by atoms with van der Waals surface area (Å²) in [6.07, 6.45) is 4.91. The van der Waals surface area contributed by atoms with Crippen molar-refractivity contribution in [1.29, 1.82) is 0 Å². The molecule has 0 aliphatic carbocycles. The maximum Gasteiger partial charge on any atom is 0.303 e. The number of carbonyl (C=O) groups is 1. The fraction of sp³-hybridized carbons (Fsp3) is 0.273. The molecule has 0 radical (unpaired) electrons. The normalized spacial score (nSPS) is 14.1. The second-order valence-electron chi connectivity index (χ2n) is 3.14. The Balaban J connectivity index is 3.01. The van der Waals surface area contributed by atoms with Crippen LogP contribution in [0.3, 0.4) is 0 Å². The van der Waals surface area contributed by atoms with Crippen LogP contribution in [0.25, 0.3) is 0 Å². The van der Waals surface area contributed by atoms with Gasteiger partial charge in [0.05, 0.1) is 0 Å². The molecule has 0 saturated carbocycles. The van der Waals surface area contributed by atoms with Gasteiger partial charge in [-0.05, 0) is 25.1 Å². The lowest BCUT2D eigenvalue weighted by molar-refractivity contribution is -0.151. The Morgan fingerprint density at radius 1 is 1.57 bits per heavy atom. The lowest BCUT2D eigenvalue weighted by Gasteiger charge is -2.25. The third-order valence-corrected chi connectivity index (χ3v) is 2.00. The van der Waals surface area contributed by atoms with E-state index in [9.17, 15) is 4.79 Å². The molecular formula is C11H13NO2. The van der Waals surface area contributed by atoms with Gasteiger partial charge in [0.2, 0.25) is 0 Å². The van der Waals surface area contributed by atoms with Crippen molar-refractivity contribution in [1.82, 2.24) is 4.98 Å². The van der Waals surface area contributed by atoms with Gasteiger partial charge in [-0.2, -0.15) is 0 Å². The molecule has 0 N–H and O–H groups in total. The van der Waals surface area contributed by atoms with E-state index in [4.69, 9.17) is 4.74 Å². The first-order valence-electron chi connectivity index (χ1n) is 4.32. The first kappa shape index (κ1) is 10.4. The van der Waals surface area contributed by atoms with E-state index in [1.165, 1.54) is 6.92 Å². The smallest absolute Gasteiger partial charge is 0.303 e. The molecule has 1 rings (SSSR count). The van der Waals surface area contributed by atoms with E-state index in [1.54, 1.807) is 37.5 Å². The molecule has 0 aliphatic rings. The highest BCUT2D eigenvalue weighted by atomic mass is 16.6. The minimum atomic E-state index is -0.769. The van der Waals surface area contributed by atoms with Crippen molar-refractivity contribution in [2.24, 2.45) is 0 Å². The summed E-state index contributed by atoms with van der Waals surface area (Å²) >= 11 is 0. The van der Waals surface area contributed by atoms with Gasteiger partial charge in [0.15, 0.2) is 5.60 Å². The Bertz CT molecular complexity index is 334.